The number of carbonyl (C=O) groups excluding carboxylic acids is 1. The summed E-state index contributed by atoms with van der Waals surface area (Å²) in [5.74, 6) is 1.43. The monoisotopic (exact) mass is 339 g/mol. The van der Waals surface area contributed by atoms with Gasteiger partial charge in [0.05, 0.1) is 0 Å². The number of hydrogen-bond donors (Lipinski definition) is 0. The number of thioether (sulfide) groups is 1. The molecule has 1 amide bonds. The first-order chi connectivity index (χ1) is 10.7. The van der Waals surface area contributed by atoms with Gasteiger partial charge in [-0.05, 0) is 25.5 Å². The smallest absolute Gasteiger partial charge is 0.223 e. The van der Waals surface area contributed by atoms with Gasteiger partial charge in [-0.2, -0.15) is 0 Å². The van der Waals surface area contributed by atoms with Gasteiger partial charge in [-0.1, -0.05) is 45.4 Å². The van der Waals surface area contributed by atoms with Crippen LogP contribution in [0.15, 0.2) is 12.1 Å². The summed E-state index contributed by atoms with van der Waals surface area (Å²) in [7, 11) is 0. The molecule has 2 heterocycles. The minimum Gasteiger partial charge on any atom is -0.325 e. The number of nitrogens with zero attached hydrogens (tertiary/aromatic N) is 1. The van der Waals surface area contributed by atoms with Crippen molar-refractivity contribution in [2.24, 2.45) is 0 Å². The molecule has 1 aliphatic rings. The molecular weight excluding hydrogens is 310 g/mol. The van der Waals surface area contributed by atoms with Crippen LogP contribution < -0.4 is 0 Å². The molecule has 1 atom stereocenters. The molecule has 0 aromatic carbocycles. The Hall–Kier alpha value is -0.480. The summed E-state index contributed by atoms with van der Waals surface area (Å²) in [6.45, 7) is 5.30. The molecule has 22 heavy (non-hydrogen) atoms. The molecule has 2 nitrogen and oxygen atoms in total. The van der Waals surface area contributed by atoms with E-state index in [0.29, 0.717) is 5.91 Å². The predicted octanol–water partition coefficient (Wildman–Crippen LogP) is 5.77. The van der Waals surface area contributed by atoms with Crippen LogP contribution in [0.4, 0.5) is 0 Å². The van der Waals surface area contributed by atoms with E-state index in [0.717, 1.165) is 25.1 Å². The van der Waals surface area contributed by atoms with E-state index in [-0.39, 0.29) is 5.37 Å². The maximum absolute atomic E-state index is 12.5. The number of thiophene rings is 1. The van der Waals surface area contributed by atoms with Gasteiger partial charge in [0.2, 0.25) is 5.91 Å². The highest BCUT2D eigenvalue weighted by Crippen LogP contribution is 2.41. The van der Waals surface area contributed by atoms with E-state index < -0.39 is 0 Å². The fraction of sp³-hybridized carbons (Fsp3) is 0.722. The van der Waals surface area contributed by atoms with Crippen LogP contribution in [-0.2, 0) is 4.79 Å². The number of carbonyl (C=O) groups is 1. The fourth-order valence-electron chi connectivity index (χ4n) is 2.92. The highest BCUT2D eigenvalue weighted by Gasteiger charge is 2.30. The van der Waals surface area contributed by atoms with Gasteiger partial charge in [0, 0.05) is 28.5 Å². The third-order valence-electron chi connectivity index (χ3n) is 4.21. The van der Waals surface area contributed by atoms with Gasteiger partial charge in [-0.3, -0.25) is 4.79 Å². The van der Waals surface area contributed by atoms with Gasteiger partial charge >= 0.3 is 0 Å². The van der Waals surface area contributed by atoms with E-state index in [9.17, 15) is 4.79 Å². The highest BCUT2D eigenvalue weighted by atomic mass is 32.2. The molecule has 1 aromatic rings. The zero-order valence-corrected chi connectivity index (χ0v) is 15.6. The summed E-state index contributed by atoms with van der Waals surface area (Å²) in [5.41, 5.74) is 0. The molecule has 1 saturated heterocycles. The summed E-state index contributed by atoms with van der Waals surface area (Å²) in [6, 6.07) is 4.36. The first kappa shape index (κ1) is 17.9. The van der Waals surface area contributed by atoms with Gasteiger partial charge in [-0.25, -0.2) is 0 Å². The van der Waals surface area contributed by atoms with Crippen molar-refractivity contribution >= 4 is 29.0 Å². The van der Waals surface area contributed by atoms with Crippen molar-refractivity contribution < 1.29 is 4.79 Å². The third kappa shape index (κ3) is 5.31. The molecule has 0 spiro atoms. The van der Waals surface area contributed by atoms with Crippen LogP contribution in [0.5, 0.6) is 0 Å². The Morgan fingerprint density at radius 2 is 1.91 bits per heavy atom. The molecule has 1 unspecified atom stereocenters. The molecule has 2 rings (SSSR count). The minimum absolute atomic E-state index is 0.274. The lowest BCUT2D eigenvalue weighted by molar-refractivity contribution is -0.131. The fourth-order valence-corrected chi connectivity index (χ4v) is 5.32. The van der Waals surface area contributed by atoms with Gasteiger partial charge in [0.1, 0.15) is 5.37 Å². The van der Waals surface area contributed by atoms with E-state index in [4.69, 9.17) is 0 Å². The molecule has 0 N–H and O–H groups in total. The average Bonchev–Trinajstić information content (AvgIpc) is 3.14. The summed E-state index contributed by atoms with van der Waals surface area (Å²) in [4.78, 5) is 17.3. The summed E-state index contributed by atoms with van der Waals surface area (Å²) >= 11 is 3.74. The molecule has 1 aromatic heterocycles. The van der Waals surface area contributed by atoms with E-state index in [2.05, 4.69) is 30.9 Å². The summed E-state index contributed by atoms with van der Waals surface area (Å²) < 4.78 is 0. The van der Waals surface area contributed by atoms with Crippen LogP contribution in [0.25, 0.3) is 0 Å². The van der Waals surface area contributed by atoms with E-state index in [1.165, 1.54) is 48.3 Å². The van der Waals surface area contributed by atoms with Crippen LogP contribution in [-0.4, -0.2) is 23.1 Å². The molecular formula is C18H29NOS2. The Kier molecular flexibility index (Phi) is 7.81. The number of amides is 1. The van der Waals surface area contributed by atoms with Gasteiger partial charge < -0.3 is 4.90 Å². The lowest BCUT2D eigenvalue weighted by Gasteiger charge is -2.23. The van der Waals surface area contributed by atoms with Crippen LogP contribution in [0, 0.1) is 6.92 Å². The molecule has 124 valence electrons. The highest BCUT2D eigenvalue weighted by molar-refractivity contribution is 7.99. The van der Waals surface area contributed by atoms with Gasteiger partial charge in [-0.15, -0.1) is 23.1 Å². The van der Waals surface area contributed by atoms with Crippen LogP contribution >= 0.6 is 23.1 Å². The Morgan fingerprint density at radius 1 is 1.18 bits per heavy atom. The number of rotatable bonds is 9. The average molecular weight is 340 g/mol. The van der Waals surface area contributed by atoms with Gasteiger partial charge in [0.25, 0.3) is 0 Å². The minimum atomic E-state index is 0.274. The normalized spacial score (nSPS) is 18.1. The maximum atomic E-state index is 12.5. The number of unbranched alkanes of at least 4 members (excludes halogenated alkanes) is 6. The van der Waals surface area contributed by atoms with Gasteiger partial charge in [0.15, 0.2) is 0 Å². The summed E-state index contributed by atoms with van der Waals surface area (Å²) in [5, 5.41) is 0.274. The zero-order chi connectivity index (χ0) is 15.8. The van der Waals surface area contributed by atoms with Crippen molar-refractivity contribution in [3.8, 4) is 0 Å². The van der Waals surface area contributed by atoms with Crippen molar-refractivity contribution in [3.05, 3.63) is 21.9 Å². The van der Waals surface area contributed by atoms with E-state index in [1.54, 1.807) is 0 Å². The van der Waals surface area contributed by atoms with Crippen molar-refractivity contribution in [2.75, 3.05) is 12.3 Å². The molecule has 0 radical (unpaired) electrons. The second kappa shape index (κ2) is 9.61. The Morgan fingerprint density at radius 3 is 2.59 bits per heavy atom. The number of aryl methyl sites for hydroxylation is 1. The molecule has 1 fully saturated rings. The lowest BCUT2D eigenvalue weighted by atomic mass is 10.1. The molecule has 0 bridgehead atoms. The molecule has 1 aliphatic heterocycles. The van der Waals surface area contributed by atoms with Crippen LogP contribution in [0.1, 0.15) is 73.4 Å². The largest absolute Gasteiger partial charge is 0.325 e. The third-order valence-corrected chi connectivity index (χ3v) is 6.65. The first-order valence-corrected chi connectivity index (χ1v) is 10.6. The standard InChI is InChI=1S/C18H29NOS2/c1-3-4-5-6-7-8-9-10-17(20)19-13-14-21-18(19)16-12-11-15(2)22-16/h11-12,18H,3-10,13-14H2,1-2H3. The quantitative estimate of drug-likeness (QED) is 0.532. The van der Waals surface area contributed by atoms with Crippen LogP contribution in [0.3, 0.4) is 0 Å². The van der Waals surface area contributed by atoms with Crippen molar-refractivity contribution in [3.63, 3.8) is 0 Å². The summed E-state index contributed by atoms with van der Waals surface area (Å²) in [6.07, 6.45) is 9.62. The van der Waals surface area contributed by atoms with Crippen LogP contribution in [0.2, 0.25) is 0 Å². The second-order valence-corrected chi connectivity index (χ2v) is 8.64. The van der Waals surface area contributed by atoms with Crippen molar-refractivity contribution in [1.82, 2.24) is 4.90 Å². The second-order valence-electron chi connectivity index (χ2n) is 6.13. The molecule has 4 heteroatoms. The van der Waals surface area contributed by atoms with E-state index >= 15 is 0 Å². The lowest BCUT2D eigenvalue weighted by Crippen LogP contribution is -2.29. The van der Waals surface area contributed by atoms with Crippen molar-refractivity contribution in [2.45, 2.75) is 70.6 Å². The Labute approximate surface area is 143 Å². The first-order valence-electron chi connectivity index (χ1n) is 8.69. The van der Waals surface area contributed by atoms with E-state index in [1.807, 2.05) is 23.1 Å². The predicted molar refractivity (Wildman–Crippen MR) is 98.6 cm³/mol. The molecule has 0 saturated carbocycles. The molecule has 0 aliphatic carbocycles. The topological polar surface area (TPSA) is 20.3 Å². The SMILES string of the molecule is CCCCCCCCCC(=O)N1CCSC1c1ccc(C)s1. The Balaban J connectivity index is 1.70. The Bertz CT molecular complexity index is 458. The van der Waals surface area contributed by atoms with Crippen molar-refractivity contribution in [1.29, 1.82) is 0 Å². The maximum Gasteiger partial charge on any atom is 0.223 e. The zero-order valence-electron chi connectivity index (χ0n) is 14.0. The number of hydrogen-bond acceptors (Lipinski definition) is 3.